The number of carbonyl (C=O) groups excluding carboxylic acids is 2. The van der Waals surface area contributed by atoms with E-state index in [9.17, 15) is 9.59 Å². The summed E-state index contributed by atoms with van der Waals surface area (Å²) in [7, 11) is 0. The van der Waals surface area contributed by atoms with Crippen molar-refractivity contribution in [2.45, 2.75) is 33.1 Å². The fraction of sp³-hybridized carbons (Fsp3) is 0.263. The topological polar surface area (TPSA) is 34.1 Å². The van der Waals surface area contributed by atoms with E-state index in [2.05, 4.69) is 0 Å². The van der Waals surface area contributed by atoms with Crippen LogP contribution in [0.1, 0.15) is 33.1 Å². The standard InChI is InChI=1S/C19H20O2/c1-14(15(2)20)18-10-6-9-17(11-18)13-19(21)12-16-7-4-3-5-8-16/h4-8,10-12H,3,9,13H2,1-2H3/b18-14+. The third-order valence-electron chi connectivity index (χ3n) is 3.62. The van der Waals surface area contributed by atoms with Crippen molar-refractivity contribution in [2.24, 2.45) is 0 Å². The number of allylic oxidation sites excluding steroid dienone is 12. The average molecular weight is 280 g/mol. The summed E-state index contributed by atoms with van der Waals surface area (Å²) in [4.78, 5) is 23.5. The number of carbonyl (C=O) groups is 2. The van der Waals surface area contributed by atoms with Gasteiger partial charge in [-0.1, -0.05) is 48.1 Å². The van der Waals surface area contributed by atoms with Crippen LogP contribution in [0.15, 0.2) is 70.9 Å². The van der Waals surface area contributed by atoms with E-state index in [-0.39, 0.29) is 11.6 Å². The van der Waals surface area contributed by atoms with Gasteiger partial charge in [-0.3, -0.25) is 9.59 Å². The molecular weight excluding hydrogens is 260 g/mol. The van der Waals surface area contributed by atoms with Crippen molar-refractivity contribution in [1.29, 1.82) is 0 Å². The average Bonchev–Trinajstić information content (AvgIpc) is 2.47. The van der Waals surface area contributed by atoms with Crippen LogP contribution in [0, 0.1) is 0 Å². The highest BCUT2D eigenvalue weighted by molar-refractivity contribution is 5.95. The summed E-state index contributed by atoms with van der Waals surface area (Å²) in [5.74, 6) is 0.167. The Morgan fingerprint density at radius 1 is 1.10 bits per heavy atom. The molecule has 0 bridgehead atoms. The van der Waals surface area contributed by atoms with Gasteiger partial charge in [-0.2, -0.15) is 0 Å². The largest absolute Gasteiger partial charge is 0.295 e. The van der Waals surface area contributed by atoms with Gasteiger partial charge in [0.25, 0.3) is 0 Å². The quantitative estimate of drug-likeness (QED) is 0.724. The molecule has 21 heavy (non-hydrogen) atoms. The molecular formula is C19H20O2. The highest BCUT2D eigenvalue weighted by atomic mass is 16.1. The van der Waals surface area contributed by atoms with Crippen LogP contribution < -0.4 is 0 Å². The van der Waals surface area contributed by atoms with Gasteiger partial charge in [-0.05, 0) is 49.5 Å². The molecule has 2 rings (SSSR count). The van der Waals surface area contributed by atoms with Crippen molar-refractivity contribution >= 4 is 11.6 Å². The number of hydrogen-bond donors (Lipinski definition) is 0. The van der Waals surface area contributed by atoms with Crippen molar-refractivity contribution in [3.05, 3.63) is 70.9 Å². The Kier molecular flexibility index (Phi) is 5.04. The second-order valence-electron chi connectivity index (χ2n) is 5.37. The molecule has 0 saturated carbocycles. The molecule has 2 heteroatoms. The SMILES string of the molecule is CC(=O)/C(C)=C1\C=CCC(CC(=O)C=C2C=CCC=C2)=C1. The Bertz CT molecular complexity index is 620. The predicted molar refractivity (Wildman–Crippen MR) is 85.8 cm³/mol. The van der Waals surface area contributed by atoms with Gasteiger partial charge >= 0.3 is 0 Å². The maximum Gasteiger partial charge on any atom is 0.160 e. The summed E-state index contributed by atoms with van der Waals surface area (Å²) in [6.07, 6.45) is 17.8. The molecule has 0 aromatic heterocycles. The van der Waals surface area contributed by atoms with Crippen LogP contribution in [0.25, 0.3) is 0 Å². The fourth-order valence-corrected chi connectivity index (χ4v) is 2.32. The lowest BCUT2D eigenvalue weighted by atomic mass is 9.93. The van der Waals surface area contributed by atoms with Crippen LogP contribution in [-0.4, -0.2) is 11.6 Å². The van der Waals surface area contributed by atoms with Crippen LogP contribution >= 0.6 is 0 Å². The molecule has 0 amide bonds. The highest BCUT2D eigenvalue weighted by Crippen LogP contribution is 2.22. The molecule has 0 saturated heterocycles. The van der Waals surface area contributed by atoms with Gasteiger partial charge in [0.1, 0.15) is 0 Å². The summed E-state index contributed by atoms with van der Waals surface area (Å²) in [5, 5.41) is 0. The molecule has 0 N–H and O–H groups in total. The van der Waals surface area contributed by atoms with Gasteiger partial charge in [0, 0.05) is 6.42 Å². The molecule has 0 atom stereocenters. The first-order valence-corrected chi connectivity index (χ1v) is 7.21. The van der Waals surface area contributed by atoms with Gasteiger partial charge in [-0.25, -0.2) is 0 Å². The second kappa shape index (κ2) is 6.98. The lowest BCUT2D eigenvalue weighted by molar-refractivity contribution is -0.114. The van der Waals surface area contributed by atoms with Crippen LogP contribution in [0.3, 0.4) is 0 Å². The third-order valence-corrected chi connectivity index (χ3v) is 3.62. The van der Waals surface area contributed by atoms with Crippen molar-refractivity contribution < 1.29 is 9.59 Å². The first-order chi connectivity index (χ1) is 10.1. The molecule has 2 aliphatic rings. The number of hydrogen-bond acceptors (Lipinski definition) is 2. The van der Waals surface area contributed by atoms with Crippen LogP contribution in [-0.2, 0) is 9.59 Å². The Balaban J connectivity index is 2.09. The zero-order valence-electron chi connectivity index (χ0n) is 12.6. The Labute approximate surface area is 125 Å². The smallest absolute Gasteiger partial charge is 0.160 e. The van der Waals surface area contributed by atoms with Crippen LogP contribution in [0.5, 0.6) is 0 Å². The van der Waals surface area contributed by atoms with E-state index in [4.69, 9.17) is 0 Å². The third kappa shape index (κ3) is 4.38. The molecule has 108 valence electrons. The van der Waals surface area contributed by atoms with Crippen molar-refractivity contribution in [2.75, 3.05) is 0 Å². The van der Waals surface area contributed by atoms with Gasteiger partial charge in [-0.15, -0.1) is 0 Å². The highest BCUT2D eigenvalue weighted by Gasteiger charge is 2.10. The zero-order valence-corrected chi connectivity index (χ0v) is 12.6. The Morgan fingerprint density at radius 3 is 2.48 bits per heavy atom. The van der Waals surface area contributed by atoms with E-state index in [1.165, 1.54) is 0 Å². The minimum Gasteiger partial charge on any atom is -0.295 e. The molecule has 0 aliphatic heterocycles. The van der Waals surface area contributed by atoms with E-state index in [0.29, 0.717) is 6.42 Å². The molecule has 2 nitrogen and oxygen atoms in total. The molecule has 0 fully saturated rings. The lowest BCUT2D eigenvalue weighted by Crippen LogP contribution is -2.02. The van der Waals surface area contributed by atoms with Gasteiger partial charge < -0.3 is 0 Å². The summed E-state index contributed by atoms with van der Waals surface area (Å²) in [5.41, 5.74) is 3.67. The first kappa shape index (κ1) is 15.2. The monoisotopic (exact) mass is 280 g/mol. The van der Waals surface area contributed by atoms with E-state index in [0.717, 1.165) is 35.1 Å². The van der Waals surface area contributed by atoms with Crippen molar-refractivity contribution in [3.63, 3.8) is 0 Å². The number of Topliss-reactive ketones (excluding diaryl/α,β-unsaturated/α-hetero) is 1. The van der Waals surface area contributed by atoms with E-state index in [1.807, 2.05) is 49.5 Å². The minimum absolute atomic E-state index is 0.0677. The van der Waals surface area contributed by atoms with Crippen LogP contribution in [0.4, 0.5) is 0 Å². The maximum atomic E-state index is 12.1. The lowest BCUT2D eigenvalue weighted by Gasteiger charge is -2.11. The molecule has 0 unspecified atom stereocenters. The van der Waals surface area contributed by atoms with Gasteiger partial charge in [0.2, 0.25) is 0 Å². The van der Waals surface area contributed by atoms with Crippen molar-refractivity contribution in [1.82, 2.24) is 0 Å². The van der Waals surface area contributed by atoms with Crippen LogP contribution in [0.2, 0.25) is 0 Å². The summed E-state index contributed by atoms with van der Waals surface area (Å²) in [6, 6.07) is 0. The van der Waals surface area contributed by atoms with E-state index in [1.54, 1.807) is 13.0 Å². The minimum atomic E-state index is 0.0677. The summed E-state index contributed by atoms with van der Waals surface area (Å²) in [6.45, 7) is 3.39. The zero-order chi connectivity index (χ0) is 15.2. The molecule has 0 aromatic carbocycles. The Morgan fingerprint density at radius 2 is 1.81 bits per heavy atom. The normalized spacial score (nSPS) is 19.3. The molecule has 0 spiro atoms. The molecule has 0 aromatic rings. The number of ketones is 2. The van der Waals surface area contributed by atoms with Gasteiger partial charge in [0.05, 0.1) is 0 Å². The molecule has 0 radical (unpaired) electrons. The van der Waals surface area contributed by atoms with E-state index < -0.39 is 0 Å². The summed E-state index contributed by atoms with van der Waals surface area (Å²) < 4.78 is 0. The van der Waals surface area contributed by atoms with Crippen molar-refractivity contribution in [3.8, 4) is 0 Å². The fourth-order valence-electron chi connectivity index (χ4n) is 2.32. The van der Waals surface area contributed by atoms with E-state index >= 15 is 0 Å². The summed E-state index contributed by atoms with van der Waals surface area (Å²) >= 11 is 0. The second-order valence-corrected chi connectivity index (χ2v) is 5.37. The predicted octanol–water partition coefficient (Wildman–Crippen LogP) is 4.18. The first-order valence-electron chi connectivity index (χ1n) is 7.21. The Hall–Kier alpha value is -2.22. The number of rotatable bonds is 4. The van der Waals surface area contributed by atoms with Gasteiger partial charge in [0.15, 0.2) is 11.6 Å². The molecule has 0 heterocycles. The maximum absolute atomic E-state index is 12.1. The molecule has 2 aliphatic carbocycles.